The lowest BCUT2D eigenvalue weighted by molar-refractivity contribution is -0.111. The lowest BCUT2D eigenvalue weighted by Crippen LogP contribution is -2.12. The molecule has 2 aromatic carbocycles. The van der Waals surface area contributed by atoms with Crippen molar-refractivity contribution in [1.29, 1.82) is 0 Å². The molecule has 0 fully saturated rings. The molecule has 1 amide bonds. The Kier molecular flexibility index (Phi) is 6.93. The van der Waals surface area contributed by atoms with Crippen LogP contribution >= 0.6 is 0 Å². The zero-order valence-electron chi connectivity index (χ0n) is 17.2. The Hall–Kier alpha value is -3.41. The van der Waals surface area contributed by atoms with Gasteiger partial charge in [0.05, 0.1) is 25.3 Å². The van der Waals surface area contributed by atoms with Crippen molar-refractivity contribution in [3.8, 4) is 0 Å². The fourth-order valence-corrected chi connectivity index (χ4v) is 2.62. The number of hydrogen-bond acceptors (Lipinski definition) is 5. The van der Waals surface area contributed by atoms with Gasteiger partial charge >= 0.3 is 11.9 Å². The predicted molar refractivity (Wildman–Crippen MR) is 112 cm³/mol. The van der Waals surface area contributed by atoms with Gasteiger partial charge < -0.3 is 14.8 Å². The molecule has 0 saturated carbocycles. The van der Waals surface area contributed by atoms with Crippen LogP contribution in [0.15, 0.2) is 48.5 Å². The highest BCUT2D eigenvalue weighted by Gasteiger charge is 2.15. The second-order valence-electron chi connectivity index (χ2n) is 7.48. The first kappa shape index (κ1) is 21.9. The summed E-state index contributed by atoms with van der Waals surface area (Å²) >= 11 is 0. The Bertz CT molecular complexity index is 902. The van der Waals surface area contributed by atoms with Crippen molar-refractivity contribution in [2.24, 2.45) is 0 Å². The number of carbonyl (C=O) groups is 3. The molecule has 1 N–H and O–H groups in total. The van der Waals surface area contributed by atoms with Crippen LogP contribution in [0.4, 0.5) is 5.69 Å². The number of nitrogens with one attached hydrogen (secondary N) is 1. The third kappa shape index (κ3) is 6.04. The normalized spacial score (nSPS) is 11.2. The van der Waals surface area contributed by atoms with Crippen LogP contribution in [-0.2, 0) is 19.7 Å². The maximum atomic E-state index is 12.3. The van der Waals surface area contributed by atoms with Gasteiger partial charge in [-0.05, 0) is 40.8 Å². The topological polar surface area (TPSA) is 81.7 Å². The smallest absolute Gasteiger partial charge is 0.337 e. The van der Waals surface area contributed by atoms with Crippen LogP contribution in [0.5, 0.6) is 0 Å². The van der Waals surface area contributed by atoms with Gasteiger partial charge in [-0.15, -0.1) is 0 Å². The molecule has 6 nitrogen and oxygen atoms in total. The molecule has 0 aliphatic heterocycles. The van der Waals surface area contributed by atoms with Crippen molar-refractivity contribution < 1.29 is 23.9 Å². The molecule has 152 valence electrons. The van der Waals surface area contributed by atoms with E-state index in [0.29, 0.717) is 0 Å². The number of amides is 1. The highest BCUT2D eigenvalue weighted by Crippen LogP contribution is 2.22. The van der Waals surface area contributed by atoms with Gasteiger partial charge in [-0.2, -0.15) is 0 Å². The quantitative estimate of drug-likeness (QED) is 0.606. The number of anilines is 1. The molecule has 0 heterocycles. The maximum absolute atomic E-state index is 12.3. The summed E-state index contributed by atoms with van der Waals surface area (Å²) in [7, 11) is 2.47. The number of carbonyl (C=O) groups excluding carboxylic acids is 3. The minimum absolute atomic E-state index is 0.0572. The highest BCUT2D eigenvalue weighted by molar-refractivity contribution is 6.04. The Labute approximate surface area is 170 Å². The summed E-state index contributed by atoms with van der Waals surface area (Å²) < 4.78 is 9.37. The maximum Gasteiger partial charge on any atom is 0.337 e. The number of esters is 2. The standard InChI is InChI=1S/C23H25NO5/c1-23(2,3)18-9-6-15(7-10-18)8-11-20(25)24-19-13-16(21(26)28-4)12-17(14-19)22(27)29-5/h6-14H,1-5H3,(H,24,25)/b11-8+. The third-order valence-corrected chi connectivity index (χ3v) is 4.25. The summed E-state index contributed by atoms with van der Waals surface area (Å²) in [6.07, 6.45) is 3.07. The van der Waals surface area contributed by atoms with Crippen LogP contribution in [0.3, 0.4) is 0 Å². The molecule has 6 heteroatoms. The van der Waals surface area contributed by atoms with Crippen molar-refractivity contribution in [2.75, 3.05) is 19.5 Å². The molecule has 0 aliphatic rings. The number of ether oxygens (including phenoxy) is 2. The van der Waals surface area contributed by atoms with E-state index in [2.05, 4.69) is 35.6 Å². The van der Waals surface area contributed by atoms with Gasteiger partial charge in [0.2, 0.25) is 5.91 Å². The first-order valence-corrected chi connectivity index (χ1v) is 9.05. The fourth-order valence-electron chi connectivity index (χ4n) is 2.62. The number of hydrogen-bond donors (Lipinski definition) is 1. The molecule has 0 saturated heterocycles. The average molecular weight is 395 g/mol. The monoisotopic (exact) mass is 395 g/mol. The first-order valence-electron chi connectivity index (χ1n) is 9.05. The Balaban J connectivity index is 2.18. The predicted octanol–water partition coefficient (Wildman–Crippen LogP) is 4.21. The minimum atomic E-state index is -0.624. The van der Waals surface area contributed by atoms with Gasteiger partial charge in [0, 0.05) is 11.8 Å². The second-order valence-corrected chi connectivity index (χ2v) is 7.48. The van der Waals surface area contributed by atoms with Gasteiger partial charge in [0.1, 0.15) is 0 Å². The SMILES string of the molecule is COC(=O)c1cc(NC(=O)/C=C/c2ccc(C(C)(C)C)cc2)cc(C(=O)OC)c1. The summed E-state index contributed by atoms with van der Waals surface area (Å²) in [4.78, 5) is 35.9. The van der Waals surface area contributed by atoms with Crippen LogP contribution in [0, 0.1) is 0 Å². The van der Waals surface area contributed by atoms with E-state index in [-0.39, 0.29) is 22.2 Å². The van der Waals surface area contributed by atoms with Crippen LogP contribution < -0.4 is 5.32 Å². The molecule has 0 bridgehead atoms. The van der Waals surface area contributed by atoms with Crippen molar-refractivity contribution in [3.63, 3.8) is 0 Å². The molecule has 0 aromatic heterocycles. The van der Waals surface area contributed by atoms with Gasteiger partial charge in [0.25, 0.3) is 0 Å². The van der Waals surface area contributed by atoms with E-state index >= 15 is 0 Å². The second kappa shape index (κ2) is 9.19. The van der Waals surface area contributed by atoms with Crippen LogP contribution in [0.1, 0.15) is 52.6 Å². The Morgan fingerprint density at radius 2 is 1.38 bits per heavy atom. The van der Waals surface area contributed by atoms with E-state index in [4.69, 9.17) is 0 Å². The van der Waals surface area contributed by atoms with Crippen LogP contribution in [0.25, 0.3) is 6.08 Å². The van der Waals surface area contributed by atoms with Crippen molar-refractivity contribution in [1.82, 2.24) is 0 Å². The largest absolute Gasteiger partial charge is 0.465 e. The fraction of sp³-hybridized carbons (Fsp3) is 0.261. The highest BCUT2D eigenvalue weighted by atomic mass is 16.5. The number of methoxy groups -OCH3 is 2. The van der Waals surface area contributed by atoms with Crippen LogP contribution in [0.2, 0.25) is 0 Å². The molecule has 2 rings (SSSR count). The number of rotatable bonds is 5. The summed E-state index contributed by atoms with van der Waals surface area (Å²) in [5.41, 5.74) is 2.69. The molecule has 0 radical (unpaired) electrons. The van der Waals surface area contributed by atoms with E-state index in [1.54, 1.807) is 6.08 Å². The molecule has 2 aromatic rings. The lowest BCUT2D eigenvalue weighted by Gasteiger charge is -2.18. The van der Waals surface area contributed by atoms with Gasteiger partial charge in [-0.25, -0.2) is 9.59 Å². The van der Waals surface area contributed by atoms with E-state index in [1.165, 1.54) is 44.1 Å². The van der Waals surface area contributed by atoms with Gasteiger partial charge in [0.15, 0.2) is 0 Å². The molecule has 0 aliphatic carbocycles. The molecule has 0 atom stereocenters. The molecule has 0 unspecified atom stereocenters. The van der Waals surface area contributed by atoms with Crippen LogP contribution in [-0.4, -0.2) is 32.1 Å². The van der Waals surface area contributed by atoms with E-state index in [1.807, 2.05) is 24.3 Å². The first-order chi connectivity index (χ1) is 13.6. The summed E-state index contributed by atoms with van der Waals surface area (Å²) in [5, 5.41) is 2.65. The van der Waals surface area contributed by atoms with Gasteiger partial charge in [-0.3, -0.25) is 4.79 Å². The summed E-state index contributed by atoms with van der Waals surface area (Å²) in [5.74, 6) is -1.65. The Morgan fingerprint density at radius 3 is 1.83 bits per heavy atom. The summed E-state index contributed by atoms with van der Waals surface area (Å²) in [6.45, 7) is 6.41. The molecular weight excluding hydrogens is 370 g/mol. The number of benzene rings is 2. The lowest BCUT2D eigenvalue weighted by atomic mass is 9.87. The van der Waals surface area contributed by atoms with Crippen molar-refractivity contribution >= 4 is 29.6 Å². The molecular formula is C23H25NO5. The van der Waals surface area contributed by atoms with Gasteiger partial charge in [-0.1, -0.05) is 45.0 Å². The summed E-state index contributed by atoms with van der Waals surface area (Å²) in [6, 6.07) is 12.2. The zero-order valence-corrected chi connectivity index (χ0v) is 17.2. The zero-order chi connectivity index (χ0) is 21.6. The minimum Gasteiger partial charge on any atom is -0.465 e. The molecule has 0 spiro atoms. The van der Waals surface area contributed by atoms with E-state index < -0.39 is 17.8 Å². The van der Waals surface area contributed by atoms with Crippen molar-refractivity contribution in [2.45, 2.75) is 26.2 Å². The Morgan fingerprint density at radius 1 is 0.862 bits per heavy atom. The van der Waals surface area contributed by atoms with Crippen molar-refractivity contribution in [3.05, 3.63) is 70.8 Å². The van der Waals surface area contributed by atoms with E-state index in [0.717, 1.165) is 5.56 Å². The third-order valence-electron chi connectivity index (χ3n) is 4.25. The average Bonchev–Trinajstić information content (AvgIpc) is 2.70. The molecule has 29 heavy (non-hydrogen) atoms. The van der Waals surface area contributed by atoms with E-state index in [9.17, 15) is 14.4 Å².